The lowest BCUT2D eigenvalue weighted by Crippen LogP contribution is -2.22. The fourth-order valence-corrected chi connectivity index (χ4v) is 3.81. The first-order chi connectivity index (χ1) is 15.2. The summed E-state index contributed by atoms with van der Waals surface area (Å²) in [6, 6.07) is 27.7. The first kappa shape index (κ1) is 20.7. The Morgan fingerprint density at radius 2 is 1.52 bits per heavy atom. The average Bonchev–Trinajstić information content (AvgIpc) is 3.14. The summed E-state index contributed by atoms with van der Waals surface area (Å²) in [6.45, 7) is 2.02. The number of hydrogen-bond donors (Lipinski definition) is 0. The molecule has 1 aromatic heterocycles. The quantitative estimate of drug-likeness (QED) is 0.352. The Bertz CT molecular complexity index is 1240. The summed E-state index contributed by atoms with van der Waals surface area (Å²) in [6.07, 6.45) is 5.75. The Morgan fingerprint density at radius 3 is 2.23 bits per heavy atom. The lowest BCUT2D eigenvalue weighted by atomic mass is 10.2. The highest BCUT2D eigenvalue weighted by Crippen LogP contribution is 2.14. The predicted molar refractivity (Wildman–Crippen MR) is 130 cm³/mol. The van der Waals surface area contributed by atoms with Gasteiger partial charge in [-0.2, -0.15) is 4.68 Å². The minimum absolute atomic E-state index is 0.197. The normalized spacial score (nSPS) is 11.5. The third-order valence-electron chi connectivity index (χ3n) is 4.72. The van der Waals surface area contributed by atoms with Crippen LogP contribution in [0.15, 0.2) is 107 Å². The van der Waals surface area contributed by atoms with Crippen molar-refractivity contribution in [2.45, 2.75) is 12.7 Å². The van der Waals surface area contributed by atoms with Crippen molar-refractivity contribution in [3.05, 3.63) is 130 Å². The molecule has 0 amide bonds. The number of hydrogen-bond acceptors (Lipinski definition) is 3. The van der Waals surface area contributed by atoms with Gasteiger partial charge in [-0.15, -0.1) is 16.9 Å². The largest absolute Gasteiger partial charge is 0.355 e. The molecule has 154 valence electrons. The van der Waals surface area contributed by atoms with Crippen LogP contribution in [0.2, 0.25) is 0 Å². The molecule has 4 nitrogen and oxygen atoms in total. The van der Waals surface area contributed by atoms with Gasteiger partial charge in [0.2, 0.25) is 0 Å². The Hall–Kier alpha value is -3.57. The van der Waals surface area contributed by atoms with E-state index < -0.39 is 0 Å². The molecule has 4 rings (SSSR count). The second-order valence-electron chi connectivity index (χ2n) is 7.04. The first-order valence-corrected chi connectivity index (χ1v) is 11.1. The van der Waals surface area contributed by atoms with E-state index in [1.807, 2.05) is 103 Å². The minimum Gasteiger partial charge on any atom is -0.245 e. The molecule has 0 aliphatic carbocycles. The highest BCUT2D eigenvalue weighted by atomic mass is 32.2. The van der Waals surface area contributed by atoms with E-state index in [-0.39, 0.29) is 5.69 Å². The van der Waals surface area contributed by atoms with Crippen LogP contribution in [0.3, 0.4) is 0 Å². The zero-order valence-corrected chi connectivity index (χ0v) is 18.1. The molecule has 1 heterocycles. The number of thioether (sulfide) groups is 1. The van der Waals surface area contributed by atoms with Crippen molar-refractivity contribution in [1.82, 2.24) is 14.3 Å². The van der Waals surface area contributed by atoms with Crippen LogP contribution in [0.4, 0.5) is 0 Å². The van der Waals surface area contributed by atoms with Gasteiger partial charge in [0.1, 0.15) is 0 Å². The van der Waals surface area contributed by atoms with Gasteiger partial charge in [0.25, 0.3) is 0 Å². The molecule has 3 aromatic carbocycles. The third kappa shape index (κ3) is 5.13. The SMILES string of the molecule is Cc1ccc(-n2nc(/C=C\C=C\SCc3ccccc3)n(-c3ccccc3)c2=O)cc1. The number of aromatic nitrogens is 3. The maximum atomic E-state index is 13.2. The molecule has 0 aliphatic heterocycles. The van der Waals surface area contributed by atoms with Gasteiger partial charge in [0, 0.05) is 5.75 Å². The van der Waals surface area contributed by atoms with Gasteiger partial charge in [-0.1, -0.05) is 78.4 Å². The molecule has 4 aromatic rings. The fraction of sp³-hybridized carbons (Fsp3) is 0.0769. The highest BCUT2D eigenvalue weighted by molar-refractivity contribution is 8.01. The van der Waals surface area contributed by atoms with E-state index in [2.05, 4.69) is 17.2 Å². The number of nitrogens with zero attached hydrogens (tertiary/aromatic N) is 3. The molecule has 0 aliphatic rings. The van der Waals surface area contributed by atoms with Crippen LogP contribution >= 0.6 is 11.8 Å². The Balaban J connectivity index is 1.59. The monoisotopic (exact) mass is 425 g/mol. The molecule has 0 atom stereocenters. The number of aryl methyl sites for hydroxylation is 1. The van der Waals surface area contributed by atoms with Crippen LogP contribution in [-0.2, 0) is 5.75 Å². The fourth-order valence-electron chi connectivity index (χ4n) is 3.13. The van der Waals surface area contributed by atoms with Gasteiger partial charge >= 0.3 is 5.69 Å². The summed E-state index contributed by atoms with van der Waals surface area (Å²) >= 11 is 1.72. The van der Waals surface area contributed by atoms with Crippen molar-refractivity contribution < 1.29 is 0 Å². The summed E-state index contributed by atoms with van der Waals surface area (Å²) < 4.78 is 3.07. The molecule has 5 heteroatoms. The van der Waals surface area contributed by atoms with E-state index in [4.69, 9.17) is 0 Å². The average molecular weight is 426 g/mol. The summed E-state index contributed by atoms with van der Waals surface area (Å²) in [5, 5.41) is 6.64. The van der Waals surface area contributed by atoms with Crippen LogP contribution in [0, 0.1) is 6.92 Å². The molecule has 0 saturated heterocycles. The van der Waals surface area contributed by atoms with Crippen LogP contribution in [0.5, 0.6) is 0 Å². The van der Waals surface area contributed by atoms with Crippen molar-refractivity contribution in [1.29, 1.82) is 0 Å². The van der Waals surface area contributed by atoms with Crippen molar-refractivity contribution in [2.24, 2.45) is 0 Å². The highest BCUT2D eigenvalue weighted by Gasteiger charge is 2.14. The van der Waals surface area contributed by atoms with E-state index >= 15 is 0 Å². The maximum absolute atomic E-state index is 13.2. The summed E-state index contributed by atoms with van der Waals surface area (Å²) in [5.74, 6) is 1.50. The van der Waals surface area contributed by atoms with E-state index in [0.29, 0.717) is 5.82 Å². The van der Waals surface area contributed by atoms with Crippen molar-refractivity contribution >= 4 is 17.8 Å². The van der Waals surface area contributed by atoms with E-state index in [1.54, 1.807) is 16.3 Å². The van der Waals surface area contributed by atoms with Crippen molar-refractivity contribution in [3.63, 3.8) is 0 Å². The van der Waals surface area contributed by atoms with Crippen molar-refractivity contribution in [3.8, 4) is 11.4 Å². The Labute approximate surface area is 186 Å². The Morgan fingerprint density at radius 1 is 0.839 bits per heavy atom. The maximum Gasteiger partial charge on any atom is 0.355 e. The number of benzene rings is 3. The summed E-state index contributed by atoms with van der Waals surface area (Å²) in [7, 11) is 0. The molecule has 31 heavy (non-hydrogen) atoms. The molecule has 0 bridgehead atoms. The second kappa shape index (κ2) is 9.96. The van der Waals surface area contributed by atoms with Crippen LogP contribution in [0.1, 0.15) is 17.0 Å². The van der Waals surface area contributed by atoms with Gasteiger partial charge < -0.3 is 0 Å². The zero-order chi connectivity index (χ0) is 21.5. The van der Waals surface area contributed by atoms with Crippen LogP contribution < -0.4 is 5.69 Å². The third-order valence-corrected chi connectivity index (χ3v) is 5.57. The zero-order valence-electron chi connectivity index (χ0n) is 17.3. The van der Waals surface area contributed by atoms with Gasteiger partial charge in [-0.25, -0.2) is 9.36 Å². The van der Waals surface area contributed by atoms with Crippen molar-refractivity contribution in [2.75, 3.05) is 0 Å². The van der Waals surface area contributed by atoms with E-state index in [9.17, 15) is 4.79 Å². The van der Waals surface area contributed by atoms with Gasteiger partial charge in [0.05, 0.1) is 11.4 Å². The molecule has 0 radical (unpaired) electrons. The Kier molecular flexibility index (Phi) is 6.65. The number of rotatable bonds is 7. The molecule has 0 spiro atoms. The number of allylic oxidation sites excluding steroid dienone is 2. The van der Waals surface area contributed by atoms with Crippen LogP contribution in [0.25, 0.3) is 17.5 Å². The standard InChI is InChI=1S/C26H23N3OS/c1-21-15-17-24(18-16-21)29-26(30)28(23-12-6-3-7-13-23)25(27-29)14-8-9-19-31-20-22-10-4-2-5-11-22/h2-19H,20H2,1H3/b14-8-,19-9+. The lowest BCUT2D eigenvalue weighted by molar-refractivity contribution is 0.828. The summed E-state index contributed by atoms with van der Waals surface area (Å²) in [4.78, 5) is 13.2. The van der Waals surface area contributed by atoms with Crippen LogP contribution in [-0.4, -0.2) is 14.3 Å². The number of para-hydroxylation sites is 1. The first-order valence-electron chi connectivity index (χ1n) is 10.1. The summed E-state index contributed by atoms with van der Waals surface area (Å²) in [5.41, 5.74) is 3.76. The minimum atomic E-state index is -0.197. The second-order valence-corrected chi connectivity index (χ2v) is 7.94. The lowest BCUT2D eigenvalue weighted by Gasteiger charge is -2.02. The molecular weight excluding hydrogens is 402 g/mol. The molecule has 0 fully saturated rings. The van der Waals surface area contributed by atoms with E-state index in [0.717, 1.165) is 22.7 Å². The van der Waals surface area contributed by atoms with Gasteiger partial charge in [-0.05, 0) is 48.2 Å². The van der Waals surface area contributed by atoms with Gasteiger partial charge in [0.15, 0.2) is 5.82 Å². The topological polar surface area (TPSA) is 39.8 Å². The molecule has 0 unspecified atom stereocenters. The smallest absolute Gasteiger partial charge is 0.245 e. The van der Waals surface area contributed by atoms with E-state index in [1.165, 1.54) is 10.2 Å². The predicted octanol–water partition coefficient (Wildman–Crippen LogP) is 5.79. The molecule has 0 saturated carbocycles. The molecular formula is C26H23N3OS. The van der Waals surface area contributed by atoms with Gasteiger partial charge in [-0.3, -0.25) is 0 Å². The molecule has 0 N–H and O–H groups in total.